The van der Waals surface area contributed by atoms with Crippen molar-refractivity contribution in [3.05, 3.63) is 38.8 Å². The molecule has 1 amide bonds. The minimum atomic E-state index is -1.44. The van der Waals surface area contributed by atoms with E-state index in [0.717, 1.165) is 4.90 Å². The first-order valence-electron chi connectivity index (χ1n) is 8.22. The van der Waals surface area contributed by atoms with Crippen molar-refractivity contribution in [2.75, 3.05) is 4.90 Å². The molecule has 0 bridgehead atoms. The smallest absolute Gasteiger partial charge is 0.413 e. The van der Waals surface area contributed by atoms with Gasteiger partial charge in [0.1, 0.15) is 27.4 Å². The monoisotopic (exact) mass is 518 g/mol. The molecule has 0 aliphatic rings. The van der Waals surface area contributed by atoms with Crippen LogP contribution in [0.2, 0.25) is 5.28 Å². The van der Waals surface area contributed by atoms with Crippen LogP contribution in [-0.2, 0) is 17.9 Å². The van der Waals surface area contributed by atoms with E-state index in [9.17, 15) is 14.5 Å². The molecule has 0 aromatic carbocycles. The SMILES string of the molecule is CC(C)(C)[S+]([O-])/N=C/c1sc2c(N(Cc3ccco3)C(=O)O)nc(Cl)nc2c1Br. The van der Waals surface area contributed by atoms with Crippen LogP contribution >= 0.6 is 38.9 Å². The second kappa shape index (κ2) is 8.60. The predicted molar refractivity (Wildman–Crippen MR) is 119 cm³/mol. The van der Waals surface area contributed by atoms with Crippen molar-refractivity contribution < 1.29 is 18.9 Å². The number of nitrogens with zero attached hydrogens (tertiary/aromatic N) is 4. The van der Waals surface area contributed by atoms with Crippen LogP contribution in [-0.4, -0.2) is 36.7 Å². The number of carbonyl (C=O) groups is 1. The van der Waals surface area contributed by atoms with Crippen molar-refractivity contribution in [3.8, 4) is 0 Å². The van der Waals surface area contributed by atoms with Gasteiger partial charge in [0.25, 0.3) is 0 Å². The Kier molecular flexibility index (Phi) is 6.54. The van der Waals surface area contributed by atoms with Gasteiger partial charge in [-0.15, -0.1) is 11.3 Å². The molecule has 0 aliphatic carbocycles. The molecule has 1 atom stereocenters. The second-order valence-electron chi connectivity index (χ2n) is 6.82. The normalized spacial score (nSPS) is 13.3. The van der Waals surface area contributed by atoms with Gasteiger partial charge in [-0.1, -0.05) is 4.40 Å². The fourth-order valence-electron chi connectivity index (χ4n) is 2.24. The summed E-state index contributed by atoms with van der Waals surface area (Å²) in [6.45, 7) is 5.42. The molecule has 12 heteroatoms. The Morgan fingerprint density at radius 1 is 1.52 bits per heavy atom. The average Bonchev–Trinajstić information content (AvgIpc) is 3.25. The highest BCUT2D eigenvalue weighted by Crippen LogP contribution is 2.39. The summed E-state index contributed by atoms with van der Waals surface area (Å²) in [7, 11) is 0. The molecule has 3 rings (SSSR count). The number of halogens is 2. The average molecular weight is 520 g/mol. The van der Waals surface area contributed by atoms with E-state index in [1.807, 2.05) is 20.8 Å². The highest BCUT2D eigenvalue weighted by molar-refractivity contribution is 9.10. The molecule has 0 spiro atoms. The van der Waals surface area contributed by atoms with Crippen LogP contribution in [0.25, 0.3) is 10.2 Å². The van der Waals surface area contributed by atoms with Gasteiger partial charge in [-0.2, -0.15) is 4.98 Å². The number of rotatable bonds is 5. The zero-order valence-corrected chi connectivity index (χ0v) is 19.5. The number of fused-ring (bicyclic) bond motifs is 1. The van der Waals surface area contributed by atoms with Gasteiger partial charge in [-0.05, 0) is 60.4 Å². The topological polar surface area (TPSA) is 115 Å². The Hall–Kier alpha value is -1.66. The van der Waals surface area contributed by atoms with E-state index in [4.69, 9.17) is 16.0 Å². The van der Waals surface area contributed by atoms with Crippen LogP contribution in [0.15, 0.2) is 31.7 Å². The summed E-state index contributed by atoms with van der Waals surface area (Å²) in [6.07, 6.45) is 1.72. The number of hydrogen-bond donors (Lipinski definition) is 1. The van der Waals surface area contributed by atoms with Crippen molar-refractivity contribution in [1.82, 2.24) is 9.97 Å². The molecule has 0 aliphatic heterocycles. The molecule has 3 heterocycles. The Morgan fingerprint density at radius 3 is 2.83 bits per heavy atom. The summed E-state index contributed by atoms with van der Waals surface area (Å²) in [4.78, 5) is 21.9. The highest BCUT2D eigenvalue weighted by atomic mass is 79.9. The zero-order valence-electron chi connectivity index (χ0n) is 15.5. The van der Waals surface area contributed by atoms with Gasteiger partial charge in [0.2, 0.25) is 5.28 Å². The molecule has 3 aromatic heterocycles. The van der Waals surface area contributed by atoms with E-state index in [1.54, 1.807) is 12.1 Å². The van der Waals surface area contributed by atoms with Gasteiger partial charge in [0.05, 0.1) is 33.1 Å². The molecule has 0 fully saturated rings. The summed E-state index contributed by atoms with van der Waals surface area (Å²) in [6, 6.07) is 3.34. The Morgan fingerprint density at radius 2 is 2.24 bits per heavy atom. The molecule has 0 radical (unpaired) electrons. The van der Waals surface area contributed by atoms with Crippen LogP contribution in [0.1, 0.15) is 31.4 Å². The van der Waals surface area contributed by atoms with Crippen LogP contribution in [0.4, 0.5) is 10.6 Å². The van der Waals surface area contributed by atoms with E-state index in [0.29, 0.717) is 25.3 Å². The van der Waals surface area contributed by atoms with Crippen LogP contribution < -0.4 is 4.90 Å². The summed E-state index contributed by atoms with van der Waals surface area (Å²) < 4.78 is 22.2. The number of hydrogen-bond acceptors (Lipinski definition) is 7. The summed E-state index contributed by atoms with van der Waals surface area (Å²) in [5.41, 5.74) is 0.443. The number of thiophene rings is 1. The largest absolute Gasteiger partial charge is 0.591 e. The maximum absolute atomic E-state index is 12.2. The second-order valence-corrected chi connectivity index (χ2v) is 10.9. The summed E-state index contributed by atoms with van der Waals surface area (Å²) >= 11 is 9.29. The minimum Gasteiger partial charge on any atom is -0.591 e. The third-order valence-electron chi connectivity index (χ3n) is 3.63. The predicted octanol–water partition coefficient (Wildman–Crippen LogP) is 5.27. The molecule has 0 saturated carbocycles. The molecule has 154 valence electrons. The van der Waals surface area contributed by atoms with Crippen LogP contribution in [0.3, 0.4) is 0 Å². The molecule has 8 nitrogen and oxygen atoms in total. The Balaban J connectivity index is 2.08. The first-order chi connectivity index (χ1) is 13.6. The number of carboxylic acid groups (broad SMARTS) is 1. The fraction of sp³-hybridized carbons (Fsp3) is 0.294. The first kappa shape index (κ1) is 22.0. The third-order valence-corrected chi connectivity index (χ3v) is 7.32. The Labute approximate surface area is 187 Å². The van der Waals surface area contributed by atoms with Crippen molar-refractivity contribution >= 4 is 78.6 Å². The van der Waals surface area contributed by atoms with E-state index in [1.165, 1.54) is 23.8 Å². The van der Waals surface area contributed by atoms with Crippen LogP contribution in [0, 0.1) is 0 Å². The summed E-state index contributed by atoms with van der Waals surface area (Å²) in [5.74, 6) is 0.583. The zero-order chi connectivity index (χ0) is 21.3. The maximum atomic E-state index is 12.2. The Bertz CT molecular complexity index is 1070. The lowest BCUT2D eigenvalue weighted by molar-refractivity contribution is 0.200. The molecule has 0 saturated heterocycles. The molecule has 29 heavy (non-hydrogen) atoms. The first-order valence-corrected chi connectivity index (χ1v) is 11.3. The van der Waals surface area contributed by atoms with Crippen molar-refractivity contribution in [2.45, 2.75) is 32.1 Å². The van der Waals surface area contributed by atoms with Gasteiger partial charge >= 0.3 is 6.09 Å². The van der Waals surface area contributed by atoms with Gasteiger partial charge < -0.3 is 14.1 Å². The van der Waals surface area contributed by atoms with E-state index in [2.05, 4.69) is 30.3 Å². The standard InChI is InChI=1S/C17H16BrClN4O4S2/c1-17(2,3)29(26)20-7-10-11(18)12-13(28-10)14(22-15(19)21-12)23(16(24)25)8-9-5-4-6-27-9/h4-7H,8H2,1-3H3,(H,24,25)/b20-7+. The lowest BCUT2D eigenvalue weighted by Gasteiger charge is -2.17. The molecular weight excluding hydrogens is 504 g/mol. The fourth-order valence-corrected chi connectivity index (χ4v) is 4.75. The van der Waals surface area contributed by atoms with E-state index < -0.39 is 22.2 Å². The number of amides is 1. The van der Waals surface area contributed by atoms with Gasteiger partial charge in [0.15, 0.2) is 5.82 Å². The van der Waals surface area contributed by atoms with Crippen molar-refractivity contribution in [2.24, 2.45) is 4.40 Å². The third kappa shape index (κ3) is 4.92. The number of furan rings is 1. The maximum Gasteiger partial charge on any atom is 0.413 e. The molecule has 3 aromatic rings. The molecular formula is C17H16BrClN4O4S2. The van der Waals surface area contributed by atoms with Crippen molar-refractivity contribution in [1.29, 1.82) is 0 Å². The lowest BCUT2D eigenvalue weighted by atomic mass is 10.3. The van der Waals surface area contributed by atoms with Gasteiger partial charge in [0, 0.05) is 0 Å². The number of anilines is 1. The quantitative estimate of drug-likeness (QED) is 0.279. The highest BCUT2D eigenvalue weighted by Gasteiger charge is 2.27. The van der Waals surface area contributed by atoms with Gasteiger partial charge in [-0.25, -0.2) is 9.78 Å². The minimum absolute atomic E-state index is 0.0439. The van der Waals surface area contributed by atoms with Crippen LogP contribution in [0.5, 0.6) is 0 Å². The van der Waals surface area contributed by atoms with Gasteiger partial charge in [-0.3, -0.25) is 4.90 Å². The van der Waals surface area contributed by atoms with E-state index in [-0.39, 0.29) is 17.6 Å². The van der Waals surface area contributed by atoms with E-state index >= 15 is 0 Å². The number of aromatic nitrogens is 2. The summed E-state index contributed by atoms with van der Waals surface area (Å²) in [5, 5.41) is 9.63. The lowest BCUT2D eigenvalue weighted by Crippen LogP contribution is -2.29. The van der Waals surface area contributed by atoms with Crippen molar-refractivity contribution in [3.63, 3.8) is 0 Å². The molecule has 1 N–H and O–H groups in total. The molecule has 1 unspecified atom stereocenters.